The average molecular weight is 364 g/mol. The van der Waals surface area contributed by atoms with E-state index >= 15 is 0 Å². The maximum atomic E-state index is 12.9. The molecule has 1 aromatic heterocycles. The van der Waals surface area contributed by atoms with Crippen molar-refractivity contribution in [1.29, 1.82) is 0 Å². The van der Waals surface area contributed by atoms with Crippen molar-refractivity contribution in [3.05, 3.63) is 71.0 Å². The van der Waals surface area contributed by atoms with Crippen LogP contribution in [0, 0.1) is 0 Å². The number of amides is 1. The molecule has 0 saturated heterocycles. The van der Waals surface area contributed by atoms with Crippen LogP contribution in [0.5, 0.6) is 17.2 Å². The highest BCUT2D eigenvalue weighted by molar-refractivity contribution is 6.09. The molecule has 0 spiro atoms. The molecule has 27 heavy (non-hydrogen) atoms. The van der Waals surface area contributed by atoms with Crippen LogP contribution in [0.2, 0.25) is 0 Å². The highest BCUT2D eigenvalue weighted by Crippen LogP contribution is 2.34. The number of benzene rings is 2. The molecular weight excluding hydrogens is 348 g/mol. The van der Waals surface area contributed by atoms with Crippen molar-refractivity contribution in [3.63, 3.8) is 0 Å². The largest absolute Gasteiger partial charge is 0.506 e. The number of ether oxygens (including phenoxy) is 2. The Morgan fingerprint density at radius 1 is 1.22 bits per heavy atom. The van der Waals surface area contributed by atoms with Crippen molar-refractivity contribution in [1.82, 2.24) is 4.57 Å². The van der Waals surface area contributed by atoms with Gasteiger partial charge in [-0.1, -0.05) is 18.2 Å². The number of nitrogens with one attached hydrogen (secondary N) is 1. The van der Waals surface area contributed by atoms with E-state index in [1.54, 1.807) is 48.5 Å². The van der Waals surface area contributed by atoms with E-state index in [9.17, 15) is 14.7 Å². The molecule has 2 N–H and O–H groups in total. The number of para-hydroxylation sites is 1. The maximum Gasteiger partial charge on any atom is 0.268 e. The molecule has 2 aromatic carbocycles. The molecule has 0 radical (unpaired) electrons. The van der Waals surface area contributed by atoms with Gasteiger partial charge >= 0.3 is 0 Å². The van der Waals surface area contributed by atoms with Gasteiger partial charge in [0.05, 0.1) is 5.52 Å². The van der Waals surface area contributed by atoms with Crippen molar-refractivity contribution in [2.24, 2.45) is 0 Å². The topological polar surface area (TPSA) is 89.8 Å². The number of pyridine rings is 1. The van der Waals surface area contributed by atoms with Gasteiger partial charge in [-0.05, 0) is 24.3 Å². The van der Waals surface area contributed by atoms with Crippen molar-refractivity contribution < 1.29 is 19.4 Å². The zero-order chi connectivity index (χ0) is 19.0. The fourth-order valence-electron chi connectivity index (χ4n) is 3.07. The Morgan fingerprint density at radius 2 is 2.00 bits per heavy atom. The normalized spacial score (nSPS) is 12.1. The standard InChI is InChI=1S/C20H16N2O5/c1-2-9-22-14-6-4-3-5-13(14)18(23)17(20(22)25)19(24)21-12-7-8-15-16(10-12)27-11-26-15/h2-8,10,23H,1,9,11H2,(H,21,24). The number of fused-ring (bicyclic) bond motifs is 2. The van der Waals surface area contributed by atoms with Gasteiger partial charge in [0.1, 0.15) is 11.3 Å². The van der Waals surface area contributed by atoms with E-state index in [2.05, 4.69) is 11.9 Å². The number of aromatic nitrogens is 1. The molecule has 0 saturated carbocycles. The van der Waals surface area contributed by atoms with E-state index in [0.29, 0.717) is 28.1 Å². The highest BCUT2D eigenvalue weighted by Gasteiger charge is 2.22. The molecule has 3 aromatic rings. The second kappa shape index (κ2) is 6.53. The second-order valence-electron chi connectivity index (χ2n) is 5.97. The summed E-state index contributed by atoms with van der Waals surface area (Å²) in [5.74, 6) is 0.0172. The maximum absolute atomic E-state index is 12.9. The Bertz CT molecular complexity index is 1130. The zero-order valence-corrected chi connectivity index (χ0v) is 14.3. The first-order valence-corrected chi connectivity index (χ1v) is 8.26. The van der Waals surface area contributed by atoms with Gasteiger partial charge in [-0.15, -0.1) is 6.58 Å². The van der Waals surface area contributed by atoms with Gasteiger partial charge < -0.3 is 24.5 Å². The number of allylic oxidation sites excluding steroid dienone is 1. The van der Waals surface area contributed by atoms with Crippen LogP contribution in [0.15, 0.2) is 59.9 Å². The van der Waals surface area contributed by atoms with E-state index in [0.717, 1.165) is 0 Å². The monoisotopic (exact) mass is 364 g/mol. The summed E-state index contributed by atoms with van der Waals surface area (Å²) in [6.45, 7) is 3.98. The lowest BCUT2D eigenvalue weighted by atomic mass is 10.1. The predicted octanol–water partition coefficient (Wildman–Crippen LogP) is 2.87. The van der Waals surface area contributed by atoms with E-state index in [-0.39, 0.29) is 24.7 Å². The third-order valence-electron chi connectivity index (χ3n) is 4.31. The predicted molar refractivity (Wildman–Crippen MR) is 101 cm³/mol. The molecule has 0 unspecified atom stereocenters. The van der Waals surface area contributed by atoms with Gasteiger partial charge in [0, 0.05) is 23.7 Å². The molecule has 4 rings (SSSR count). The van der Waals surface area contributed by atoms with Crippen LogP contribution in [0.25, 0.3) is 10.9 Å². The Kier molecular flexibility index (Phi) is 4.04. The minimum Gasteiger partial charge on any atom is -0.506 e. The summed E-state index contributed by atoms with van der Waals surface area (Å²) in [7, 11) is 0. The van der Waals surface area contributed by atoms with Crippen LogP contribution in [0.1, 0.15) is 10.4 Å². The lowest BCUT2D eigenvalue weighted by Crippen LogP contribution is -2.29. The van der Waals surface area contributed by atoms with Crippen LogP contribution < -0.4 is 20.3 Å². The molecular formula is C20H16N2O5. The van der Waals surface area contributed by atoms with Crippen molar-refractivity contribution in [2.45, 2.75) is 6.54 Å². The molecule has 136 valence electrons. The quantitative estimate of drug-likeness (QED) is 0.695. The molecule has 0 atom stereocenters. The minimum atomic E-state index is -0.708. The molecule has 1 aliphatic heterocycles. The van der Waals surface area contributed by atoms with Crippen LogP contribution >= 0.6 is 0 Å². The lowest BCUT2D eigenvalue weighted by Gasteiger charge is -2.14. The molecule has 0 fully saturated rings. The van der Waals surface area contributed by atoms with Crippen LogP contribution in [0.3, 0.4) is 0 Å². The van der Waals surface area contributed by atoms with Gasteiger partial charge in [0.25, 0.3) is 11.5 Å². The Labute approximate surface area is 154 Å². The van der Waals surface area contributed by atoms with E-state index < -0.39 is 11.5 Å². The first-order valence-electron chi connectivity index (χ1n) is 8.26. The number of hydrogen-bond donors (Lipinski definition) is 2. The number of rotatable bonds is 4. The number of carbonyl (C=O) groups is 1. The highest BCUT2D eigenvalue weighted by atomic mass is 16.7. The number of carbonyl (C=O) groups excluding carboxylic acids is 1. The number of nitrogens with zero attached hydrogens (tertiary/aromatic N) is 1. The second-order valence-corrected chi connectivity index (χ2v) is 5.97. The van der Waals surface area contributed by atoms with E-state index in [4.69, 9.17) is 9.47 Å². The number of anilines is 1. The molecule has 1 amide bonds. The van der Waals surface area contributed by atoms with Gasteiger partial charge in [-0.3, -0.25) is 9.59 Å². The van der Waals surface area contributed by atoms with Crippen molar-refractivity contribution >= 4 is 22.5 Å². The summed E-state index contributed by atoms with van der Waals surface area (Å²) in [6.07, 6.45) is 1.56. The Morgan fingerprint density at radius 3 is 2.81 bits per heavy atom. The van der Waals surface area contributed by atoms with E-state index in [1.165, 1.54) is 4.57 Å². The van der Waals surface area contributed by atoms with Gasteiger partial charge in [0.15, 0.2) is 11.5 Å². The molecule has 0 bridgehead atoms. The third kappa shape index (κ3) is 2.79. The van der Waals surface area contributed by atoms with Crippen LogP contribution in [-0.2, 0) is 6.54 Å². The molecule has 0 aliphatic carbocycles. The first kappa shape index (κ1) is 16.7. The average Bonchev–Trinajstić information content (AvgIpc) is 3.13. The number of aromatic hydroxyl groups is 1. The van der Waals surface area contributed by atoms with Crippen molar-refractivity contribution in [2.75, 3.05) is 12.1 Å². The van der Waals surface area contributed by atoms with E-state index in [1.807, 2.05) is 0 Å². The fourth-order valence-corrected chi connectivity index (χ4v) is 3.07. The van der Waals surface area contributed by atoms with Crippen LogP contribution in [-0.4, -0.2) is 22.4 Å². The smallest absolute Gasteiger partial charge is 0.268 e. The Balaban J connectivity index is 1.79. The summed E-state index contributed by atoms with van der Waals surface area (Å²) < 4.78 is 11.9. The summed E-state index contributed by atoms with van der Waals surface area (Å²) in [6, 6.07) is 11.7. The SMILES string of the molecule is C=CCn1c(=O)c(C(=O)Nc2ccc3c(c2)OCO3)c(O)c2ccccc21. The molecule has 7 nitrogen and oxygen atoms in total. The third-order valence-corrected chi connectivity index (χ3v) is 4.31. The summed E-state index contributed by atoms with van der Waals surface area (Å²) >= 11 is 0. The summed E-state index contributed by atoms with van der Waals surface area (Å²) in [5, 5.41) is 13.6. The molecule has 2 heterocycles. The van der Waals surface area contributed by atoms with Gasteiger partial charge in [0.2, 0.25) is 6.79 Å². The van der Waals surface area contributed by atoms with Gasteiger partial charge in [-0.2, -0.15) is 0 Å². The van der Waals surface area contributed by atoms with Gasteiger partial charge in [-0.25, -0.2) is 0 Å². The summed E-state index contributed by atoms with van der Waals surface area (Å²) in [4.78, 5) is 25.6. The minimum absolute atomic E-state index is 0.116. The zero-order valence-electron chi connectivity index (χ0n) is 14.3. The molecule has 7 heteroatoms. The fraction of sp³-hybridized carbons (Fsp3) is 0.100. The first-order chi connectivity index (χ1) is 13.1. The summed E-state index contributed by atoms with van der Waals surface area (Å²) in [5.41, 5.74) is 0.0311. The van der Waals surface area contributed by atoms with Crippen molar-refractivity contribution in [3.8, 4) is 17.2 Å². The number of hydrogen-bond acceptors (Lipinski definition) is 5. The Hall–Kier alpha value is -3.74. The lowest BCUT2D eigenvalue weighted by molar-refractivity contribution is 0.102. The molecule has 1 aliphatic rings. The van der Waals surface area contributed by atoms with Crippen LogP contribution in [0.4, 0.5) is 5.69 Å².